The van der Waals surface area contributed by atoms with E-state index in [0.29, 0.717) is 29.7 Å². The molecular weight excluding hydrogens is 351 g/mol. The van der Waals surface area contributed by atoms with Crippen LogP contribution < -0.4 is 10.6 Å². The summed E-state index contributed by atoms with van der Waals surface area (Å²) in [7, 11) is 0. The number of amides is 2. The zero-order chi connectivity index (χ0) is 19.4. The van der Waals surface area contributed by atoms with Gasteiger partial charge in [-0.1, -0.05) is 18.2 Å². The zero-order valence-corrected chi connectivity index (χ0v) is 14.5. The van der Waals surface area contributed by atoms with Crippen molar-refractivity contribution in [2.75, 3.05) is 11.9 Å². The molecule has 2 aromatic carbocycles. The van der Waals surface area contributed by atoms with Crippen LogP contribution in [0.3, 0.4) is 0 Å². The molecule has 2 amide bonds. The second-order valence-electron chi connectivity index (χ2n) is 6.49. The Kier molecular flexibility index (Phi) is 5.21. The van der Waals surface area contributed by atoms with E-state index in [-0.39, 0.29) is 24.8 Å². The van der Waals surface area contributed by atoms with Crippen molar-refractivity contribution in [3.05, 3.63) is 65.5 Å². The molecular formula is C20H19FN2O4. The first-order valence-electron chi connectivity index (χ1n) is 8.59. The number of aliphatic carboxylic acids is 1. The highest BCUT2D eigenvalue weighted by Gasteiger charge is 2.52. The lowest BCUT2D eigenvalue weighted by atomic mass is 9.94. The second kappa shape index (κ2) is 7.57. The van der Waals surface area contributed by atoms with Crippen LogP contribution in [-0.2, 0) is 15.0 Å². The maximum Gasteiger partial charge on any atom is 0.305 e. The van der Waals surface area contributed by atoms with Crippen molar-refractivity contribution >= 4 is 23.5 Å². The zero-order valence-electron chi connectivity index (χ0n) is 14.5. The van der Waals surface area contributed by atoms with Crippen molar-refractivity contribution in [1.29, 1.82) is 0 Å². The Bertz CT molecular complexity index is 876. The second-order valence-corrected chi connectivity index (χ2v) is 6.49. The van der Waals surface area contributed by atoms with Crippen LogP contribution >= 0.6 is 0 Å². The van der Waals surface area contributed by atoms with Crippen LogP contribution in [0.5, 0.6) is 0 Å². The Labute approximate surface area is 155 Å². The number of benzene rings is 2. The average Bonchev–Trinajstić information content (AvgIpc) is 3.44. The Morgan fingerprint density at radius 3 is 2.30 bits per heavy atom. The van der Waals surface area contributed by atoms with Crippen molar-refractivity contribution in [2.24, 2.45) is 0 Å². The molecule has 0 aromatic heterocycles. The molecule has 2 aromatic rings. The smallest absolute Gasteiger partial charge is 0.305 e. The quantitative estimate of drug-likeness (QED) is 0.698. The topological polar surface area (TPSA) is 95.5 Å². The lowest BCUT2D eigenvalue weighted by Crippen LogP contribution is -2.29. The molecule has 0 saturated heterocycles. The molecule has 0 atom stereocenters. The third-order valence-corrected chi connectivity index (χ3v) is 4.60. The van der Waals surface area contributed by atoms with Crippen LogP contribution in [0, 0.1) is 5.82 Å². The van der Waals surface area contributed by atoms with Gasteiger partial charge in [-0.25, -0.2) is 4.39 Å². The molecule has 0 spiro atoms. The van der Waals surface area contributed by atoms with E-state index in [9.17, 15) is 18.8 Å². The number of carboxylic acids is 1. The summed E-state index contributed by atoms with van der Waals surface area (Å²) in [5.41, 5.74) is 0.424. The highest BCUT2D eigenvalue weighted by Crippen LogP contribution is 2.49. The first-order valence-corrected chi connectivity index (χ1v) is 8.59. The van der Waals surface area contributed by atoms with Crippen LogP contribution in [-0.4, -0.2) is 29.4 Å². The molecule has 0 unspecified atom stereocenters. The molecule has 27 heavy (non-hydrogen) atoms. The number of hydrogen-bond acceptors (Lipinski definition) is 3. The monoisotopic (exact) mass is 370 g/mol. The van der Waals surface area contributed by atoms with Gasteiger partial charge in [0.15, 0.2) is 0 Å². The Morgan fingerprint density at radius 1 is 1.04 bits per heavy atom. The summed E-state index contributed by atoms with van der Waals surface area (Å²) in [6, 6.07) is 12.5. The van der Waals surface area contributed by atoms with Crippen molar-refractivity contribution in [3.63, 3.8) is 0 Å². The lowest BCUT2D eigenvalue weighted by molar-refractivity contribution is -0.136. The van der Waals surface area contributed by atoms with Crippen molar-refractivity contribution in [3.8, 4) is 0 Å². The highest BCUT2D eigenvalue weighted by atomic mass is 19.1. The first-order chi connectivity index (χ1) is 12.9. The Morgan fingerprint density at radius 2 is 1.70 bits per heavy atom. The minimum atomic E-state index is -0.989. The van der Waals surface area contributed by atoms with Crippen LogP contribution in [0.15, 0.2) is 48.5 Å². The molecule has 6 nitrogen and oxygen atoms in total. The number of nitrogens with one attached hydrogen (secondary N) is 2. The third kappa shape index (κ3) is 4.13. The molecule has 140 valence electrons. The van der Waals surface area contributed by atoms with Gasteiger partial charge in [0.2, 0.25) is 5.91 Å². The fraction of sp³-hybridized carbons (Fsp3) is 0.250. The minimum Gasteiger partial charge on any atom is -0.481 e. The number of carboxylic acid groups (broad SMARTS) is 1. The fourth-order valence-corrected chi connectivity index (χ4v) is 2.93. The minimum absolute atomic E-state index is 0.0395. The fourth-order valence-electron chi connectivity index (χ4n) is 2.93. The van der Waals surface area contributed by atoms with Crippen molar-refractivity contribution < 1.29 is 23.9 Å². The average molecular weight is 370 g/mol. The number of carbonyl (C=O) groups is 3. The molecule has 3 rings (SSSR count). The van der Waals surface area contributed by atoms with E-state index in [2.05, 4.69) is 10.6 Å². The summed E-state index contributed by atoms with van der Waals surface area (Å²) < 4.78 is 14.1. The van der Waals surface area contributed by atoms with Gasteiger partial charge in [0.1, 0.15) is 5.82 Å². The van der Waals surface area contributed by atoms with Gasteiger partial charge in [-0.3, -0.25) is 14.4 Å². The Hall–Kier alpha value is -3.22. The molecule has 1 fully saturated rings. The molecule has 0 bridgehead atoms. The number of carbonyl (C=O) groups excluding carboxylic acids is 2. The van der Waals surface area contributed by atoms with Crippen LogP contribution in [0.2, 0.25) is 0 Å². The number of rotatable bonds is 7. The van der Waals surface area contributed by atoms with Gasteiger partial charge in [0.25, 0.3) is 5.91 Å². The largest absolute Gasteiger partial charge is 0.481 e. The maximum atomic E-state index is 14.1. The predicted octanol–water partition coefficient (Wildman–Crippen LogP) is 2.70. The van der Waals surface area contributed by atoms with Gasteiger partial charge in [-0.2, -0.15) is 0 Å². The van der Waals surface area contributed by atoms with Gasteiger partial charge < -0.3 is 15.7 Å². The van der Waals surface area contributed by atoms with Crippen molar-refractivity contribution in [1.82, 2.24) is 5.32 Å². The van der Waals surface area contributed by atoms with Gasteiger partial charge in [-0.05, 0) is 43.2 Å². The van der Waals surface area contributed by atoms with Gasteiger partial charge in [0, 0.05) is 23.4 Å². The highest BCUT2D eigenvalue weighted by molar-refractivity contribution is 6.02. The van der Waals surface area contributed by atoms with E-state index in [1.807, 2.05) is 0 Å². The standard InChI is InChI=1S/C20H19FN2O4/c21-16-4-2-1-3-15(16)20(10-11-20)19(27)23-14-7-5-13(6-8-14)18(26)22-12-9-17(24)25/h1-8H,9-12H2,(H,22,26)(H,23,27)(H,24,25). The van der Waals surface area contributed by atoms with Crippen LogP contribution in [0.1, 0.15) is 35.2 Å². The summed E-state index contributed by atoms with van der Waals surface area (Å²) in [5, 5.41) is 13.9. The Balaban J connectivity index is 1.63. The molecule has 1 aliphatic rings. The van der Waals surface area contributed by atoms with E-state index >= 15 is 0 Å². The number of halogens is 1. The van der Waals surface area contributed by atoms with E-state index in [0.717, 1.165) is 0 Å². The van der Waals surface area contributed by atoms with E-state index in [1.54, 1.807) is 30.3 Å². The molecule has 1 aliphatic carbocycles. The molecule has 3 N–H and O–H groups in total. The van der Waals surface area contributed by atoms with Crippen LogP contribution in [0.25, 0.3) is 0 Å². The molecule has 0 heterocycles. The predicted molar refractivity (Wildman–Crippen MR) is 97.0 cm³/mol. The van der Waals surface area contributed by atoms with E-state index < -0.39 is 17.2 Å². The normalized spacial score (nSPS) is 14.3. The van der Waals surface area contributed by atoms with E-state index in [1.165, 1.54) is 18.2 Å². The summed E-state index contributed by atoms with van der Waals surface area (Å²) in [5.74, 6) is -2.04. The summed E-state index contributed by atoms with van der Waals surface area (Å²) in [6.45, 7) is 0.0395. The van der Waals surface area contributed by atoms with Gasteiger partial charge in [0.05, 0.1) is 11.8 Å². The molecule has 7 heteroatoms. The van der Waals surface area contributed by atoms with Gasteiger partial charge in [-0.15, -0.1) is 0 Å². The summed E-state index contributed by atoms with van der Waals surface area (Å²) >= 11 is 0. The molecule has 0 aliphatic heterocycles. The summed E-state index contributed by atoms with van der Waals surface area (Å²) in [6.07, 6.45) is 1.02. The first kappa shape index (κ1) is 18.6. The van der Waals surface area contributed by atoms with Crippen LogP contribution in [0.4, 0.5) is 10.1 Å². The SMILES string of the molecule is O=C(O)CCNC(=O)c1ccc(NC(=O)C2(c3ccccc3F)CC2)cc1. The number of anilines is 1. The number of hydrogen-bond donors (Lipinski definition) is 3. The molecule has 0 radical (unpaired) electrons. The third-order valence-electron chi connectivity index (χ3n) is 4.60. The maximum absolute atomic E-state index is 14.1. The van der Waals surface area contributed by atoms with Gasteiger partial charge >= 0.3 is 5.97 Å². The van der Waals surface area contributed by atoms with E-state index in [4.69, 9.17) is 5.11 Å². The van der Waals surface area contributed by atoms with Crippen molar-refractivity contribution in [2.45, 2.75) is 24.7 Å². The summed E-state index contributed by atoms with van der Waals surface area (Å²) in [4.78, 5) is 35.0. The molecule has 1 saturated carbocycles. The lowest BCUT2D eigenvalue weighted by Gasteiger charge is -2.16.